The zero-order valence-corrected chi connectivity index (χ0v) is 13.4. The van der Waals surface area contributed by atoms with Gasteiger partial charge in [0.1, 0.15) is 13.2 Å². The molecular weight excluding hydrogens is 290 g/mol. The van der Waals surface area contributed by atoms with Gasteiger partial charge >= 0.3 is 0 Å². The third kappa shape index (κ3) is 3.32. The van der Waals surface area contributed by atoms with Crippen molar-refractivity contribution in [3.05, 3.63) is 18.2 Å². The van der Waals surface area contributed by atoms with Gasteiger partial charge in [-0.1, -0.05) is 20.3 Å². The molecule has 0 amide bonds. The molecule has 6 heteroatoms. The summed E-state index contributed by atoms with van der Waals surface area (Å²) in [4.78, 5) is 0.255. The van der Waals surface area contributed by atoms with Crippen molar-refractivity contribution in [1.29, 1.82) is 0 Å². The second kappa shape index (κ2) is 6.66. The van der Waals surface area contributed by atoms with Gasteiger partial charge in [0.05, 0.1) is 10.1 Å². The molecule has 0 fully saturated rings. The Morgan fingerprint density at radius 3 is 2.48 bits per heavy atom. The van der Waals surface area contributed by atoms with Gasteiger partial charge in [-0.05, 0) is 25.0 Å². The van der Waals surface area contributed by atoms with Crippen molar-refractivity contribution in [3.8, 4) is 11.5 Å². The third-order valence-corrected chi connectivity index (χ3v) is 6.13. The number of fused-ring (bicyclic) bond motifs is 1. The average molecular weight is 313 g/mol. The molecular formula is C15H23NO4S. The molecule has 1 aromatic rings. The average Bonchev–Trinajstić information content (AvgIpc) is 2.47. The highest BCUT2D eigenvalue weighted by Crippen LogP contribution is 2.34. The van der Waals surface area contributed by atoms with Crippen molar-refractivity contribution in [2.24, 2.45) is 5.73 Å². The van der Waals surface area contributed by atoms with Crippen LogP contribution in [-0.2, 0) is 9.84 Å². The van der Waals surface area contributed by atoms with Crippen LogP contribution in [0, 0.1) is 0 Å². The molecule has 0 radical (unpaired) electrons. The molecule has 2 N–H and O–H groups in total. The zero-order chi connectivity index (χ0) is 15.5. The van der Waals surface area contributed by atoms with E-state index in [1.54, 1.807) is 18.2 Å². The summed E-state index contributed by atoms with van der Waals surface area (Å²) in [6.07, 6.45) is 2.06. The Kier molecular flexibility index (Phi) is 5.11. The van der Waals surface area contributed by atoms with Crippen molar-refractivity contribution in [2.75, 3.05) is 13.2 Å². The molecule has 1 aromatic carbocycles. The van der Waals surface area contributed by atoms with Gasteiger partial charge < -0.3 is 15.2 Å². The second-order valence-electron chi connectivity index (χ2n) is 5.25. The number of rotatable bonds is 6. The molecule has 118 valence electrons. The molecule has 5 nitrogen and oxygen atoms in total. The van der Waals surface area contributed by atoms with E-state index in [9.17, 15) is 8.42 Å². The molecule has 21 heavy (non-hydrogen) atoms. The van der Waals surface area contributed by atoms with Crippen LogP contribution >= 0.6 is 0 Å². The Hall–Kier alpha value is -1.27. The van der Waals surface area contributed by atoms with Crippen LogP contribution in [0.1, 0.15) is 33.1 Å². The highest BCUT2D eigenvalue weighted by molar-refractivity contribution is 7.92. The van der Waals surface area contributed by atoms with Crippen LogP contribution in [0.3, 0.4) is 0 Å². The number of sulfone groups is 1. The van der Waals surface area contributed by atoms with Gasteiger partial charge in [0.15, 0.2) is 21.3 Å². The summed E-state index contributed by atoms with van der Waals surface area (Å²) in [7, 11) is -3.47. The first kappa shape index (κ1) is 16.1. The molecule has 0 saturated heterocycles. The van der Waals surface area contributed by atoms with Crippen LogP contribution < -0.4 is 15.2 Å². The van der Waals surface area contributed by atoms with Crippen molar-refractivity contribution in [3.63, 3.8) is 0 Å². The maximum atomic E-state index is 12.8. The van der Waals surface area contributed by atoms with E-state index < -0.39 is 15.1 Å². The van der Waals surface area contributed by atoms with Crippen molar-refractivity contribution < 1.29 is 17.9 Å². The minimum atomic E-state index is -3.47. The molecule has 2 atom stereocenters. The van der Waals surface area contributed by atoms with Gasteiger partial charge in [-0.15, -0.1) is 0 Å². The maximum absolute atomic E-state index is 12.8. The van der Waals surface area contributed by atoms with Gasteiger partial charge in [-0.2, -0.15) is 0 Å². The number of ether oxygens (including phenoxy) is 2. The first-order chi connectivity index (χ1) is 10.0. The van der Waals surface area contributed by atoms with E-state index in [2.05, 4.69) is 0 Å². The molecule has 2 rings (SSSR count). The predicted molar refractivity (Wildman–Crippen MR) is 81.6 cm³/mol. The third-order valence-electron chi connectivity index (χ3n) is 3.74. The van der Waals surface area contributed by atoms with Gasteiger partial charge in [-0.3, -0.25) is 0 Å². The van der Waals surface area contributed by atoms with Gasteiger partial charge in [-0.25, -0.2) is 8.42 Å². The minimum absolute atomic E-state index is 0.255. The van der Waals surface area contributed by atoms with Crippen LogP contribution in [0.15, 0.2) is 23.1 Å². The lowest BCUT2D eigenvalue weighted by Gasteiger charge is -2.24. The summed E-state index contributed by atoms with van der Waals surface area (Å²) < 4.78 is 36.5. The standard InChI is InChI=1S/C15H23NO4S/c1-3-5-12(16)15(4-2)21(17,18)11-6-7-13-14(10-11)20-9-8-19-13/h6-7,10,12,15H,3-5,8-9,16H2,1-2H3. The van der Waals surface area contributed by atoms with E-state index >= 15 is 0 Å². The highest BCUT2D eigenvalue weighted by atomic mass is 32.2. The number of hydrogen-bond acceptors (Lipinski definition) is 5. The molecule has 0 saturated carbocycles. The normalized spacial score (nSPS) is 17.3. The molecule has 1 aliphatic heterocycles. The number of nitrogens with two attached hydrogens (primary N) is 1. The van der Waals surface area contributed by atoms with Crippen molar-refractivity contribution >= 4 is 9.84 Å². The Labute approximate surface area is 126 Å². The predicted octanol–water partition coefficient (Wildman–Crippen LogP) is 2.14. The fourth-order valence-corrected chi connectivity index (χ4v) is 4.56. The first-order valence-electron chi connectivity index (χ1n) is 7.39. The number of benzene rings is 1. The van der Waals surface area contributed by atoms with E-state index in [-0.39, 0.29) is 10.9 Å². The van der Waals surface area contributed by atoms with Crippen LogP contribution in [0.2, 0.25) is 0 Å². The smallest absolute Gasteiger partial charge is 0.182 e. The summed E-state index contributed by atoms with van der Waals surface area (Å²) >= 11 is 0. The lowest BCUT2D eigenvalue weighted by Crippen LogP contribution is -2.40. The molecule has 2 unspecified atom stereocenters. The monoisotopic (exact) mass is 313 g/mol. The lowest BCUT2D eigenvalue weighted by atomic mass is 10.1. The Morgan fingerprint density at radius 2 is 1.86 bits per heavy atom. The van der Waals surface area contributed by atoms with Crippen LogP contribution in [0.25, 0.3) is 0 Å². The van der Waals surface area contributed by atoms with E-state index in [4.69, 9.17) is 15.2 Å². The first-order valence-corrected chi connectivity index (χ1v) is 8.94. The summed E-state index contributed by atoms with van der Waals surface area (Å²) in [5.74, 6) is 1.08. The lowest BCUT2D eigenvalue weighted by molar-refractivity contribution is 0.171. The fraction of sp³-hybridized carbons (Fsp3) is 0.600. The summed E-state index contributed by atoms with van der Waals surface area (Å²) in [6, 6.07) is 4.42. The quantitative estimate of drug-likeness (QED) is 0.870. The van der Waals surface area contributed by atoms with Crippen LogP contribution in [-0.4, -0.2) is 32.9 Å². The van der Waals surface area contributed by atoms with Crippen molar-refractivity contribution in [2.45, 2.75) is 49.3 Å². The van der Waals surface area contributed by atoms with Crippen molar-refractivity contribution in [1.82, 2.24) is 0 Å². The summed E-state index contributed by atoms with van der Waals surface area (Å²) in [5, 5.41) is -0.569. The minimum Gasteiger partial charge on any atom is -0.486 e. The Morgan fingerprint density at radius 1 is 1.19 bits per heavy atom. The molecule has 0 bridgehead atoms. The number of hydrogen-bond donors (Lipinski definition) is 1. The van der Waals surface area contributed by atoms with Crippen LogP contribution in [0.4, 0.5) is 0 Å². The van der Waals surface area contributed by atoms with E-state index in [0.29, 0.717) is 37.6 Å². The fourth-order valence-electron chi connectivity index (χ4n) is 2.65. The summed E-state index contributed by atoms with van der Waals surface area (Å²) in [5.41, 5.74) is 6.07. The topological polar surface area (TPSA) is 78.6 Å². The van der Waals surface area contributed by atoms with Crippen LogP contribution in [0.5, 0.6) is 11.5 Å². The van der Waals surface area contributed by atoms with E-state index in [1.807, 2.05) is 13.8 Å². The second-order valence-corrected chi connectivity index (χ2v) is 7.42. The molecule has 0 aliphatic carbocycles. The molecule has 0 spiro atoms. The van der Waals surface area contributed by atoms with E-state index in [0.717, 1.165) is 6.42 Å². The largest absolute Gasteiger partial charge is 0.486 e. The Bertz CT molecular complexity index is 585. The Balaban J connectivity index is 2.33. The zero-order valence-electron chi connectivity index (χ0n) is 12.5. The highest BCUT2D eigenvalue weighted by Gasteiger charge is 2.31. The van der Waals surface area contributed by atoms with Gasteiger partial charge in [0, 0.05) is 12.1 Å². The van der Waals surface area contributed by atoms with Gasteiger partial charge in [0.25, 0.3) is 0 Å². The molecule has 1 heterocycles. The maximum Gasteiger partial charge on any atom is 0.182 e. The van der Waals surface area contributed by atoms with Gasteiger partial charge in [0.2, 0.25) is 0 Å². The van der Waals surface area contributed by atoms with E-state index in [1.165, 1.54) is 0 Å². The molecule has 1 aliphatic rings. The molecule has 0 aromatic heterocycles. The SMILES string of the molecule is CCCC(N)C(CC)S(=O)(=O)c1ccc2c(c1)OCCO2. The summed E-state index contributed by atoms with van der Waals surface area (Å²) in [6.45, 7) is 4.78.